The van der Waals surface area contributed by atoms with E-state index in [1.54, 1.807) is 12.1 Å². The highest BCUT2D eigenvalue weighted by Crippen LogP contribution is 2.26. The zero-order valence-corrected chi connectivity index (χ0v) is 23.4. The Hall–Kier alpha value is -4.18. The van der Waals surface area contributed by atoms with E-state index in [0.29, 0.717) is 25.5 Å². The van der Waals surface area contributed by atoms with Crippen molar-refractivity contribution in [2.24, 2.45) is 5.92 Å². The van der Waals surface area contributed by atoms with E-state index in [9.17, 15) is 19.5 Å². The summed E-state index contributed by atoms with van der Waals surface area (Å²) in [5, 5.41) is 14.6. The second-order valence-electron chi connectivity index (χ2n) is 10.5. The predicted octanol–water partition coefficient (Wildman–Crippen LogP) is 4.92. The van der Waals surface area contributed by atoms with Crippen LogP contribution < -0.4 is 10.6 Å². The lowest BCUT2D eigenvalue weighted by molar-refractivity contribution is -0.140. The van der Waals surface area contributed by atoms with Gasteiger partial charge in [0.1, 0.15) is 24.1 Å². The van der Waals surface area contributed by atoms with Crippen molar-refractivity contribution < 1.29 is 33.4 Å². The number of aromatic nitrogens is 1. The Morgan fingerprint density at radius 2 is 1.88 bits per heavy atom. The fraction of sp³-hybridized carbons (Fsp3) is 0.419. The van der Waals surface area contributed by atoms with Gasteiger partial charge in [-0.3, -0.25) is 9.59 Å². The number of amides is 2. The van der Waals surface area contributed by atoms with Gasteiger partial charge in [-0.05, 0) is 56.7 Å². The minimum Gasteiger partial charge on any atom is -0.481 e. The average Bonchev–Trinajstić information content (AvgIpc) is 3.32. The van der Waals surface area contributed by atoms with Gasteiger partial charge in [0.2, 0.25) is 11.8 Å². The summed E-state index contributed by atoms with van der Waals surface area (Å²) < 4.78 is 17.0. The molecule has 4 rings (SSSR count). The minimum absolute atomic E-state index is 0.0134. The van der Waals surface area contributed by atoms with Gasteiger partial charge < -0.3 is 29.6 Å². The average molecular weight is 564 g/mol. The Morgan fingerprint density at radius 1 is 1.07 bits per heavy atom. The van der Waals surface area contributed by atoms with E-state index in [-0.39, 0.29) is 18.6 Å². The molecule has 0 bridgehead atoms. The number of carboxylic acid groups (broad SMARTS) is 1. The van der Waals surface area contributed by atoms with Crippen LogP contribution in [0.25, 0.3) is 11.5 Å². The molecular formula is C31H37N3O7. The molecule has 1 saturated carbocycles. The summed E-state index contributed by atoms with van der Waals surface area (Å²) >= 11 is 0. The van der Waals surface area contributed by atoms with Crippen molar-refractivity contribution in [2.45, 2.75) is 71.2 Å². The normalized spacial score (nSPS) is 17.4. The lowest BCUT2D eigenvalue weighted by Crippen LogP contribution is -2.51. The molecule has 3 N–H and O–H groups in total. The molecule has 2 aromatic carbocycles. The second-order valence-corrected chi connectivity index (χ2v) is 10.5. The summed E-state index contributed by atoms with van der Waals surface area (Å²) in [6, 6.07) is 15.7. The molecule has 10 nitrogen and oxygen atoms in total. The molecular weight excluding hydrogens is 526 g/mol. The zero-order chi connectivity index (χ0) is 29.2. The summed E-state index contributed by atoms with van der Waals surface area (Å²) in [5.41, 5.74) is 3.58. The third-order valence-electron chi connectivity index (χ3n) is 7.08. The van der Waals surface area contributed by atoms with Crippen LogP contribution in [-0.2, 0) is 32.3 Å². The molecule has 218 valence electrons. The number of rotatable bonds is 12. The number of hydrogen-bond acceptors (Lipinski definition) is 7. The first-order chi connectivity index (χ1) is 19.8. The molecule has 0 aliphatic heterocycles. The van der Waals surface area contributed by atoms with Crippen molar-refractivity contribution in [3.05, 3.63) is 77.2 Å². The number of carboxylic acids is 1. The van der Waals surface area contributed by atoms with Crippen LogP contribution in [0.2, 0.25) is 0 Å². The Kier molecular flexibility index (Phi) is 10.5. The maximum Gasteiger partial charge on any atom is 0.408 e. The molecule has 0 spiro atoms. The van der Waals surface area contributed by atoms with Crippen molar-refractivity contribution >= 4 is 18.0 Å². The lowest BCUT2D eigenvalue weighted by Gasteiger charge is -2.30. The second kappa shape index (κ2) is 14.5. The molecule has 1 aliphatic rings. The van der Waals surface area contributed by atoms with Crippen LogP contribution in [0.4, 0.5) is 4.79 Å². The van der Waals surface area contributed by atoms with Crippen LogP contribution in [0.5, 0.6) is 0 Å². The van der Waals surface area contributed by atoms with Crippen molar-refractivity contribution in [3.8, 4) is 11.5 Å². The third-order valence-corrected chi connectivity index (χ3v) is 7.08. The zero-order valence-electron chi connectivity index (χ0n) is 23.4. The third kappa shape index (κ3) is 9.18. The highest BCUT2D eigenvalue weighted by atomic mass is 16.5. The Bertz CT molecular complexity index is 1320. The monoisotopic (exact) mass is 563 g/mol. The van der Waals surface area contributed by atoms with Crippen LogP contribution >= 0.6 is 0 Å². The molecule has 1 heterocycles. The molecule has 2 amide bonds. The molecule has 2 unspecified atom stereocenters. The molecule has 41 heavy (non-hydrogen) atoms. The summed E-state index contributed by atoms with van der Waals surface area (Å²) in [4.78, 5) is 41.2. The summed E-state index contributed by atoms with van der Waals surface area (Å²) in [7, 11) is 0. The molecule has 0 saturated heterocycles. The summed E-state index contributed by atoms with van der Waals surface area (Å²) in [6.45, 7) is 4.73. The topological polar surface area (TPSA) is 140 Å². The molecule has 1 aromatic heterocycles. The number of carbonyl (C=O) groups is 3. The van der Waals surface area contributed by atoms with Crippen LogP contribution in [0, 0.1) is 19.8 Å². The minimum atomic E-state index is -1.25. The number of oxazole rings is 1. The number of aliphatic carboxylic acids is 1. The van der Waals surface area contributed by atoms with E-state index in [4.69, 9.17) is 13.9 Å². The highest BCUT2D eigenvalue weighted by Gasteiger charge is 2.29. The van der Waals surface area contributed by atoms with Crippen molar-refractivity contribution in [3.63, 3.8) is 0 Å². The number of nitrogens with one attached hydrogen (secondary N) is 2. The quantitative estimate of drug-likeness (QED) is 0.282. The predicted molar refractivity (Wildman–Crippen MR) is 151 cm³/mol. The van der Waals surface area contributed by atoms with Gasteiger partial charge in [-0.15, -0.1) is 0 Å². The van der Waals surface area contributed by atoms with Gasteiger partial charge in [0, 0.05) is 18.2 Å². The number of nitrogens with zero attached hydrogens (tertiary/aromatic N) is 1. The van der Waals surface area contributed by atoms with Crippen LogP contribution in [0.3, 0.4) is 0 Å². The largest absolute Gasteiger partial charge is 0.481 e. The van der Waals surface area contributed by atoms with Gasteiger partial charge in [0.15, 0.2) is 0 Å². The van der Waals surface area contributed by atoms with Gasteiger partial charge in [0.25, 0.3) is 0 Å². The fourth-order valence-electron chi connectivity index (χ4n) is 4.95. The molecule has 1 aliphatic carbocycles. The van der Waals surface area contributed by atoms with Crippen LogP contribution in [0.15, 0.2) is 59.0 Å². The molecule has 0 radical (unpaired) electrons. The van der Waals surface area contributed by atoms with Gasteiger partial charge in [-0.1, -0.05) is 54.4 Å². The number of aryl methyl sites for hydroxylation is 2. The number of carbonyl (C=O) groups excluding carboxylic acids is 2. The Morgan fingerprint density at radius 3 is 2.63 bits per heavy atom. The standard InChI is InChI=1S/C31H37N3O7/c1-20-8-6-12-24(14-20)30-33-27(21(2)41-30)19-39-17-23-11-7-13-25(15-23)32-29(37)26(16-28(35)36)34-31(38)40-18-22-9-4-3-5-10-22/h3-6,8-10,12,14,23,25-26H,7,11,13,15-19H2,1-2H3,(H,32,37)(H,34,38)(H,35,36)/t23?,25?,26-/m0/s1. The van der Waals surface area contributed by atoms with Gasteiger partial charge in [0.05, 0.1) is 13.0 Å². The summed E-state index contributed by atoms with van der Waals surface area (Å²) in [5.74, 6) is -0.234. The lowest BCUT2D eigenvalue weighted by atomic mass is 9.86. The van der Waals surface area contributed by atoms with Crippen molar-refractivity contribution in [1.29, 1.82) is 0 Å². The molecule has 3 aromatic rings. The number of benzene rings is 2. The van der Waals surface area contributed by atoms with E-state index in [0.717, 1.165) is 47.4 Å². The highest BCUT2D eigenvalue weighted by molar-refractivity contribution is 5.89. The van der Waals surface area contributed by atoms with E-state index in [2.05, 4.69) is 15.6 Å². The first-order valence-electron chi connectivity index (χ1n) is 13.9. The SMILES string of the molecule is Cc1cccc(-c2nc(COCC3CCCC(NC(=O)[C@H](CC(=O)O)NC(=O)OCc4ccccc4)C3)c(C)o2)c1. The van der Waals surface area contributed by atoms with E-state index < -0.39 is 30.4 Å². The van der Waals surface area contributed by atoms with Gasteiger partial charge >= 0.3 is 12.1 Å². The maximum absolute atomic E-state index is 12.9. The van der Waals surface area contributed by atoms with E-state index in [1.165, 1.54) is 0 Å². The molecule has 1 fully saturated rings. The number of hydrogen-bond donors (Lipinski definition) is 3. The van der Waals surface area contributed by atoms with Gasteiger partial charge in [-0.25, -0.2) is 9.78 Å². The van der Waals surface area contributed by atoms with E-state index >= 15 is 0 Å². The number of alkyl carbamates (subject to hydrolysis) is 1. The Balaban J connectivity index is 1.24. The maximum atomic E-state index is 12.9. The van der Waals surface area contributed by atoms with Crippen LogP contribution in [0.1, 0.15) is 54.7 Å². The van der Waals surface area contributed by atoms with Gasteiger partial charge in [-0.2, -0.15) is 0 Å². The van der Waals surface area contributed by atoms with E-state index in [1.807, 2.05) is 56.3 Å². The first kappa shape index (κ1) is 29.8. The van der Waals surface area contributed by atoms with Crippen molar-refractivity contribution in [2.75, 3.05) is 6.61 Å². The van der Waals surface area contributed by atoms with Crippen LogP contribution in [-0.4, -0.2) is 46.8 Å². The molecule has 10 heteroatoms. The summed E-state index contributed by atoms with van der Waals surface area (Å²) in [6.07, 6.45) is 1.92. The fourth-order valence-corrected chi connectivity index (χ4v) is 4.95. The smallest absolute Gasteiger partial charge is 0.408 e. The molecule has 3 atom stereocenters. The number of ether oxygens (including phenoxy) is 2. The first-order valence-corrected chi connectivity index (χ1v) is 13.9. The van der Waals surface area contributed by atoms with Crippen molar-refractivity contribution in [1.82, 2.24) is 15.6 Å². The Labute approximate surface area is 239 Å².